The summed E-state index contributed by atoms with van der Waals surface area (Å²) in [5, 5.41) is 8.39. The number of carbonyl (C=O) groups excluding carboxylic acids is 3. The van der Waals surface area contributed by atoms with Gasteiger partial charge in [-0.3, -0.25) is 14.4 Å². The molecule has 0 aliphatic rings. The van der Waals surface area contributed by atoms with Crippen molar-refractivity contribution < 1.29 is 18.8 Å². The second-order valence-electron chi connectivity index (χ2n) is 6.19. The van der Waals surface area contributed by atoms with E-state index in [4.69, 9.17) is 10.2 Å². The molecule has 0 saturated carbocycles. The van der Waals surface area contributed by atoms with Crippen LogP contribution in [0.5, 0.6) is 0 Å². The fourth-order valence-electron chi connectivity index (χ4n) is 2.59. The first-order valence-electron chi connectivity index (χ1n) is 8.85. The maximum absolute atomic E-state index is 12.3. The lowest BCUT2D eigenvalue weighted by Crippen LogP contribution is -2.24. The highest BCUT2D eigenvalue weighted by Crippen LogP contribution is 2.12. The quantitative estimate of drug-likeness (QED) is 0.468. The molecule has 0 aliphatic carbocycles. The van der Waals surface area contributed by atoms with Crippen molar-refractivity contribution in [2.24, 2.45) is 5.73 Å². The number of nitrogens with one attached hydrogen (secondary N) is 3. The summed E-state index contributed by atoms with van der Waals surface area (Å²) < 4.78 is 5.18. The van der Waals surface area contributed by atoms with Crippen molar-refractivity contribution in [1.82, 2.24) is 5.32 Å². The smallest absolute Gasteiger partial charge is 0.251 e. The third kappa shape index (κ3) is 5.70. The van der Waals surface area contributed by atoms with Crippen molar-refractivity contribution in [2.45, 2.75) is 6.54 Å². The Kier molecular flexibility index (Phi) is 6.26. The predicted molar refractivity (Wildman–Crippen MR) is 108 cm³/mol. The Morgan fingerprint density at radius 3 is 2.34 bits per heavy atom. The zero-order valence-electron chi connectivity index (χ0n) is 15.5. The van der Waals surface area contributed by atoms with Crippen molar-refractivity contribution in [1.29, 1.82) is 0 Å². The summed E-state index contributed by atoms with van der Waals surface area (Å²) in [5.74, 6) is -0.476. The van der Waals surface area contributed by atoms with Gasteiger partial charge in [-0.05, 0) is 48.5 Å². The van der Waals surface area contributed by atoms with Crippen LogP contribution >= 0.6 is 0 Å². The van der Waals surface area contributed by atoms with Crippen LogP contribution in [0.15, 0.2) is 71.3 Å². The first-order valence-corrected chi connectivity index (χ1v) is 8.85. The predicted octanol–water partition coefficient (Wildman–Crippen LogP) is 2.36. The largest absolute Gasteiger partial charge is 0.467 e. The molecule has 0 radical (unpaired) electrons. The lowest BCUT2D eigenvalue weighted by atomic mass is 10.2. The monoisotopic (exact) mass is 392 g/mol. The number of primary amides is 1. The highest BCUT2D eigenvalue weighted by Gasteiger charge is 2.09. The molecule has 29 heavy (non-hydrogen) atoms. The average molecular weight is 392 g/mol. The van der Waals surface area contributed by atoms with Gasteiger partial charge in [-0.15, -0.1) is 0 Å². The molecule has 1 aromatic heterocycles. The minimum Gasteiger partial charge on any atom is -0.467 e. The van der Waals surface area contributed by atoms with Gasteiger partial charge in [-0.2, -0.15) is 0 Å². The first kappa shape index (κ1) is 19.7. The molecule has 1 heterocycles. The molecule has 0 fully saturated rings. The van der Waals surface area contributed by atoms with E-state index < -0.39 is 5.91 Å². The Hall–Kier alpha value is -4.07. The fourth-order valence-corrected chi connectivity index (χ4v) is 2.59. The molecule has 3 rings (SSSR count). The zero-order chi connectivity index (χ0) is 20.6. The molecule has 148 valence electrons. The van der Waals surface area contributed by atoms with Crippen LogP contribution in [-0.4, -0.2) is 24.3 Å². The van der Waals surface area contributed by atoms with Crippen LogP contribution < -0.4 is 21.7 Å². The van der Waals surface area contributed by atoms with Crippen LogP contribution in [0.25, 0.3) is 0 Å². The van der Waals surface area contributed by atoms with Crippen LogP contribution in [0.2, 0.25) is 0 Å². The lowest BCUT2D eigenvalue weighted by molar-refractivity contribution is -0.114. The molecule has 0 aliphatic heterocycles. The van der Waals surface area contributed by atoms with E-state index in [0.717, 1.165) is 0 Å². The van der Waals surface area contributed by atoms with Crippen LogP contribution in [0, 0.1) is 0 Å². The minimum atomic E-state index is -0.541. The number of rotatable bonds is 8. The van der Waals surface area contributed by atoms with E-state index in [-0.39, 0.29) is 24.9 Å². The molecular weight excluding hydrogens is 372 g/mol. The number of amides is 3. The number of furan rings is 1. The topological polar surface area (TPSA) is 126 Å². The van der Waals surface area contributed by atoms with Gasteiger partial charge in [0.25, 0.3) is 5.91 Å². The normalized spacial score (nSPS) is 10.2. The number of benzene rings is 2. The summed E-state index contributed by atoms with van der Waals surface area (Å²) in [6, 6.07) is 16.7. The zero-order valence-corrected chi connectivity index (χ0v) is 15.5. The van der Waals surface area contributed by atoms with Crippen LogP contribution in [0.4, 0.5) is 11.4 Å². The van der Waals surface area contributed by atoms with Crippen LogP contribution in [-0.2, 0) is 11.3 Å². The van der Waals surface area contributed by atoms with Crippen molar-refractivity contribution in [2.75, 3.05) is 17.2 Å². The second kappa shape index (κ2) is 9.23. The molecule has 2 aromatic carbocycles. The van der Waals surface area contributed by atoms with Gasteiger partial charge in [0, 0.05) is 22.5 Å². The van der Waals surface area contributed by atoms with E-state index in [1.165, 1.54) is 6.26 Å². The molecule has 0 bridgehead atoms. The van der Waals surface area contributed by atoms with Crippen LogP contribution in [0.1, 0.15) is 26.5 Å². The van der Waals surface area contributed by atoms with Gasteiger partial charge in [0.05, 0.1) is 19.4 Å². The van der Waals surface area contributed by atoms with E-state index >= 15 is 0 Å². The van der Waals surface area contributed by atoms with Crippen molar-refractivity contribution >= 4 is 29.1 Å². The highest BCUT2D eigenvalue weighted by molar-refractivity contribution is 5.98. The minimum absolute atomic E-state index is 0.0167. The number of nitrogens with two attached hydrogens (primary N) is 1. The number of anilines is 2. The van der Waals surface area contributed by atoms with Gasteiger partial charge in [-0.25, -0.2) is 0 Å². The second-order valence-corrected chi connectivity index (χ2v) is 6.19. The van der Waals surface area contributed by atoms with E-state index in [1.807, 2.05) is 0 Å². The molecule has 0 spiro atoms. The number of hydrogen-bond acceptors (Lipinski definition) is 5. The molecular formula is C21H20N4O4. The van der Waals surface area contributed by atoms with Crippen LogP contribution in [0.3, 0.4) is 0 Å². The summed E-state index contributed by atoms with van der Waals surface area (Å²) >= 11 is 0. The standard InChI is InChI=1S/C21H20N4O4/c22-20(27)14-4-1-6-16(10-14)23-13-19(26)25-17-7-2-5-15(11-17)21(28)24-12-18-8-3-9-29-18/h1-11,23H,12-13H2,(H2,22,27)(H,24,28)(H,25,26). The SMILES string of the molecule is NC(=O)c1cccc(NCC(=O)Nc2cccc(C(=O)NCc3ccco3)c2)c1. The van der Waals surface area contributed by atoms with Gasteiger partial charge < -0.3 is 26.1 Å². The Bertz CT molecular complexity index is 1020. The van der Waals surface area contributed by atoms with Crippen molar-refractivity contribution in [3.8, 4) is 0 Å². The molecule has 8 nitrogen and oxygen atoms in total. The van der Waals surface area contributed by atoms with Gasteiger partial charge in [0.15, 0.2) is 0 Å². The third-order valence-corrected chi connectivity index (χ3v) is 4.01. The Morgan fingerprint density at radius 2 is 1.62 bits per heavy atom. The molecule has 0 unspecified atom stereocenters. The number of hydrogen-bond donors (Lipinski definition) is 4. The first-order chi connectivity index (χ1) is 14.0. The van der Waals surface area contributed by atoms with E-state index in [9.17, 15) is 14.4 Å². The lowest BCUT2D eigenvalue weighted by Gasteiger charge is -2.10. The van der Waals surface area contributed by atoms with Crippen molar-refractivity contribution in [3.63, 3.8) is 0 Å². The van der Waals surface area contributed by atoms with Gasteiger partial charge in [0.2, 0.25) is 11.8 Å². The summed E-state index contributed by atoms with van der Waals surface area (Å²) in [5.41, 5.74) is 7.10. The maximum Gasteiger partial charge on any atom is 0.251 e. The highest BCUT2D eigenvalue weighted by atomic mass is 16.3. The molecule has 5 N–H and O–H groups in total. The van der Waals surface area contributed by atoms with E-state index in [2.05, 4.69) is 16.0 Å². The van der Waals surface area contributed by atoms with Gasteiger partial charge in [0.1, 0.15) is 5.76 Å². The van der Waals surface area contributed by atoms with Gasteiger partial charge >= 0.3 is 0 Å². The van der Waals surface area contributed by atoms with Gasteiger partial charge in [-0.1, -0.05) is 12.1 Å². The molecule has 0 saturated heterocycles. The van der Waals surface area contributed by atoms with E-state index in [0.29, 0.717) is 28.3 Å². The summed E-state index contributed by atoms with van der Waals surface area (Å²) in [6.45, 7) is 0.258. The summed E-state index contributed by atoms with van der Waals surface area (Å²) in [7, 11) is 0. The van der Waals surface area contributed by atoms with Crippen molar-refractivity contribution in [3.05, 3.63) is 83.8 Å². The van der Waals surface area contributed by atoms with E-state index in [1.54, 1.807) is 60.7 Å². The molecule has 3 aromatic rings. The Balaban J connectivity index is 1.53. The molecule has 0 atom stereocenters. The average Bonchev–Trinajstić information content (AvgIpc) is 3.24. The fraction of sp³-hybridized carbons (Fsp3) is 0.0952. The molecule has 3 amide bonds. The number of carbonyl (C=O) groups is 3. The Morgan fingerprint density at radius 1 is 0.897 bits per heavy atom. The summed E-state index contributed by atoms with van der Waals surface area (Å²) in [6.07, 6.45) is 1.54. The summed E-state index contributed by atoms with van der Waals surface area (Å²) in [4.78, 5) is 35.7. The molecule has 8 heteroatoms. The third-order valence-electron chi connectivity index (χ3n) is 4.01. The Labute approximate surface area is 167 Å². The maximum atomic E-state index is 12.3.